The first-order valence-corrected chi connectivity index (χ1v) is 7.61. The van der Waals surface area contributed by atoms with Gasteiger partial charge in [-0.05, 0) is 19.1 Å². The molecule has 1 N–H and O–H groups in total. The minimum atomic E-state index is -3.42. The first-order chi connectivity index (χ1) is 8.04. The van der Waals surface area contributed by atoms with Crippen molar-refractivity contribution >= 4 is 21.4 Å². The summed E-state index contributed by atoms with van der Waals surface area (Å²) in [5.74, 6) is 0. The highest BCUT2D eigenvalue weighted by atomic mass is 32.2. The molecule has 0 bridgehead atoms. The van der Waals surface area contributed by atoms with Gasteiger partial charge in [0.1, 0.15) is 4.21 Å². The van der Waals surface area contributed by atoms with E-state index in [4.69, 9.17) is 9.84 Å². The van der Waals surface area contributed by atoms with E-state index in [0.717, 1.165) is 11.3 Å². The van der Waals surface area contributed by atoms with E-state index in [2.05, 4.69) is 0 Å². The van der Waals surface area contributed by atoms with Gasteiger partial charge in [-0.25, -0.2) is 8.42 Å². The summed E-state index contributed by atoms with van der Waals surface area (Å²) >= 11 is 1.11. The van der Waals surface area contributed by atoms with Crippen molar-refractivity contribution in [3.8, 4) is 0 Å². The molecule has 7 heteroatoms. The smallest absolute Gasteiger partial charge is 0.252 e. The standard InChI is InChI=1S/C10H15NO4S2/c1-8-6-11(4-5-15-8)17(13,14)10-3-2-9(7-12)16-10/h2-3,8,12H,4-7H2,1H3. The molecule has 2 heterocycles. The number of ether oxygens (including phenoxy) is 1. The molecular weight excluding hydrogens is 262 g/mol. The van der Waals surface area contributed by atoms with Gasteiger partial charge in [-0.15, -0.1) is 11.3 Å². The van der Waals surface area contributed by atoms with Crippen LogP contribution in [0.1, 0.15) is 11.8 Å². The molecule has 0 aromatic carbocycles. The van der Waals surface area contributed by atoms with Gasteiger partial charge in [-0.2, -0.15) is 4.31 Å². The predicted molar refractivity (Wildman–Crippen MR) is 64.4 cm³/mol. The summed E-state index contributed by atoms with van der Waals surface area (Å²) in [6.45, 7) is 2.93. The van der Waals surface area contributed by atoms with Gasteiger partial charge in [-0.1, -0.05) is 0 Å². The van der Waals surface area contributed by atoms with E-state index in [-0.39, 0.29) is 16.9 Å². The average Bonchev–Trinajstić information content (AvgIpc) is 2.78. The lowest BCUT2D eigenvalue weighted by Gasteiger charge is -2.29. The number of rotatable bonds is 3. The maximum absolute atomic E-state index is 12.3. The molecule has 0 radical (unpaired) electrons. The molecule has 0 aliphatic carbocycles. The van der Waals surface area contributed by atoms with Crippen LogP contribution in [-0.2, 0) is 21.4 Å². The van der Waals surface area contributed by atoms with Gasteiger partial charge in [-0.3, -0.25) is 0 Å². The second kappa shape index (κ2) is 5.03. The number of sulfonamides is 1. The largest absolute Gasteiger partial charge is 0.391 e. The monoisotopic (exact) mass is 277 g/mol. The van der Waals surface area contributed by atoms with Crippen LogP contribution < -0.4 is 0 Å². The summed E-state index contributed by atoms with van der Waals surface area (Å²) in [5.41, 5.74) is 0. The summed E-state index contributed by atoms with van der Waals surface area (Å²) < 4.78 is 31.6. The molecule has 1 unspecified atom stereocenters. The highest BCUT2D eigenvalue weighted by Crippen LogP contribution is 2.26. The number of morpholine rings is 1. The van der Waals surface area contributed by atoms with Gasteiger partial charge < -0.3 is 9.84 Å². The maximum atomic E-state index is 12.3. The van der Waals surface area contributed by atoms with Gasteiger partial charge in [0.15, 0.2) is 0 Å². The van der Waals surface area contributed by atoms with Crippen molar-refractivity contribution in [2.75, 3.05) is 19.7 Å². The van der Waals surface area contributed by atoms with Crippen molar-refractivity contribution < 1.29 is 18.3 Å². The fraction of sp³-hybridized carbons (Fsp3) is 0.600. The quantitative estimate of drug-likeness (QED) is 0.881. The molecule has 2 rings (SSSR count). The molecule has 1 fully saturated rings. The van der Waals surface area contributed by atoms with Crippen molar-refractivity contribution in [2.45, 2.75) is 23.8 Å². The van der Waals surface area contributed by atoms with Crippen LogP contribution in [0.3, 0.4) is 0 Å². The van der Waals surface area contributed by atoms with Crippen LogP contribution in [-0.4, -0.2) is 43.6 Å². The molecule has 1 saturated heterocycles. The van der Waals surface area contributed by atoms with Gasteiger partial charge in [0.05, 0.1) is 19.3 Å². The van der Waals surface area contributed by atoms with Crippen LogP contribution in [0, 0.1) is 0 Å². The van der Waals surface area contributed by atoms with E-state index in [1.165, 1.54) is 4.31 Å². The van der Waals surface area contributed by atoms with E-state index < -0.39 is 10.0 Å². The second-order valence-electron chi connectivity index (χ2n) is 3.92. The normalized spacial score (nSPS) is 22.8. The van der Waals surface area contributed by atoms with E-state index in [0.29, 0.717) is 24.6 Å². The van der Waals surface area contributed by atoms with E-state index in [1.807, 2.05) is 6.92 Å². The van der Waals surface area contributed by atoms with Crippen LogP contribution in [0.5, 0.6) is 0 Å². The average molecular weight is 277 g/mol. The Morgan fingerprint density at radius 1 is 1.59 bits per heavy atom. The molecule has 1 aliphatic rings. The predicted octanol–water partition coefficient (Wildman–Crippen LogP) is 0.650. The van der Waals surface area contributed by atoms with Crippen LogP contribution in [0.2, 0.25) is 0 Å². The molecular formula is C10H15NO4S2. The van der Waals surface area contributed by atoms with Gasteiger partial charge in [0.25, 0.3) is 10.0 Å². The number of hydrogen-bond donors (Lipinski definition) is 1. The molecule has 1 atom stereocenters. The molecule has 1 aromatic heterocycles. The highest BCUT2D eigenvalue weighted by molar-refractivity contribution is 7.91. The molecule has 0 amide bonds. The van der Waals surface area contributed by atoms with Crippen molar-refractivity contribution in [1.29, 1.82) is 0 Å². The summed E-state index contributed by atoms with van der Waals surface area (Å²) in [6, 6.07) is 3.19. The molecule has 17 heavy (non-hydrogen) atoms. The Hall–Kier alpha value is -0.470. The number of hydrogen-bond acceptors (Lipinski definition) is 5. The Bertz CT molecular complexity index is 482. The zero-order valence-corrected chi connectivity index (χ0v) is 11.1. The van der Waals surface area contributed by atoms with Crippen molar-refractivity contribution in [1.82, 2.24) is 4.31 Å². The van der Waals surface area contributed by atoms with Crippen LogP contribution in [0.15, 0.2) is 16.3 Å². The molecule has 0 saturated carbocycles. The lowest BCUT2D eigenvalue weighted by atomic mass is 10.3. The molecule has 1 aromatic rings. The van der Waals surface area contributed by atoms with Crippen molar-refractivity contribution in [2.24, 2.45) is 0 Å². The molecule has 1 aliphatic heterocycles. The van der Waals surface area contributed by atoms with Gasteiger partial charge in [0, 0.05) is 18.0 Å². The Labute approximate surface area is 105 Å². The molecule has 0 spiro atoms. The van der Waals surface area contributed by atoms with Crippen molar-refractivity contribution in [3.05, 3.63) is 17.0 Å². The Kier molecular flexibility index (Phi) is 3.84. The lowest BCUT2D eigenvalue weighted by molar-refractivity contribution is 0.0102. The minimum absolute atomic E-state index is 0.0733. The summed E-state index contributed by atoms with van der Waals surface area (Å²) in [4.78, 5) is 0.657. The Morgan fingerprint density at radius 2 is 2.35 bits per heavy atom. The van der Waals surface area contributed by atoms with E-state index >= 15 is 0 Å². The summed E-state index contributed by atoms with van der Waals surface area (Å²) in [7, 11) is -3.42. The number of aliphatic hydroxyl groups is 1. The Morgan fingerprint density at radius 3 is 2.94 bits per heavy atom. The van der Waals surface area contributed by atoms with E-state index in [1.54, 1.807) is 12.1 Å². The topological polar surface area (TPSA) is 66.8 Å². The zero-order chi connectivity index (χ0) is 12.5. The summed E-state index contributed by atoms with van der Waals surface area (Å²) in [5, 5.41) is 8.95. The molecule has 5 nitrogen and oxygen atoms in total. The van der Waals surface area contributed by atoms with Gasteiger partial charge >= 0.3 is 0 Å². The number of nitrogens with zero attached hydrogens (tertiary/aromatic N) is 1. The fourth-order valence-electron chi connectivity index (χ4n) is 1.71. The third-order valence-electron chi connectivity index (χ3n) is 2.59. The third-order valence-corrected chi connectivity index (χ3v) is 5.99. The van der Waals surface area contributed by atoms with Crippen molar-refractivity contribution in [3.63, 3.8) is 0 Å². The lowest BCUT2D eigenvalue weighted by Crippen LogP contribution is -2.44. The van der Waals surface area contributed by atoms with Crippen LogP contribution >= 0.6 is 11.3 Å². The van der Waals surface area contributed by atoms with Crippen LogP contribution in [0.25, 0.3) is 0 Å². The summed E-state index contributed by atoms with van der Waals surface area (Å²) in [6.07, 6.45) is -0.0733. The maximum Gasteiger partial charge on any atom is 0.252 e. The Balaban J connectivity index is 2.23. The zero-order valence-electron chi connectivity index (χ0n) is 9.50. The second-order valence-corrected chi connectivity index (χ2v) is 7.26. The van der Waals surface area contributed by atoms with E-state index in [9.17, 15) is 8.42 Å². The third kappa shape index (κ3) is 2.69. The minimum Gasteiger partial charge on any atom is -0.391 e. The van der Waals surface area contributed by atoms with Gasteiger partial charge in [0.2, 0.25) is 0 Å². The highest BCUT2D eigenvalue weighted by Gasteiger charge is 2.30. The number of aliphatic hydroxyl groups excluding tert-OH is 1. The molecule has 96 valence electrons. The first kappa shape index (κ1) is 13.0. The number of thiophene rings is 1. The fourth-order valence-corrected chi connectivity index (χ4v) is 4.58. The van der Waals surface area contributed by atoms with Crippen LogP contribution in [0.4, 0.5) is 0 Å². The SMILES string of the molecule is CC1CN(S(=O)(=O)c2ccc(CO)s2)CCO1. The first-order valence-electron chi connectivity index (χ1n) is 5.35.